The van der Waals surface area contributed by atoms with Gasteiger partial charge in [0.2, 0.25) is 0 Å². The zero-order valence-corrected chi connectivity index (χ0v) is 10.8. The largest absolute Gasteiger partial charge is 0.508 e. The number of carbonyl (C=O) groups is 1. The molecule has 1 saturated heterocycles. The van der Waals surface area contributed by atoms with E-state index in [4.69, 9.17) is 0 Å². The average Bonchev–Trinajstić information content (AvgIpc) is 2.30. The minimum absolute atomic E-state index is 0.0863. The highest BCUT2D eigenvalue weighted by atomic mass is 16.3. The van der Waals surface area contributed by atoms with E-state index in [1.165, 1.54) is 18.2 Å². The van der Waals surface area contributed by atoms with Crippen molar-refractivity contribution in [3.8, 4) is 11.5 Å². The molecule has 0 saturated carbocycles. The summed E-state index contributed by atoms with van der Waals surface area (Å²) in [6.07, 6.45) is 0.998. The smallest absolute Gasteiger partial charge is 0.254 e. The molecule has 0 aromatic heterocycles. The first-order valence-electron chi connectivity index (χ1n) is 6.29. The van der Waals surface area contributed by atoms with Gasteiger partial charge in [-0.15, -0.1) is 0 Å². The van der Waals surface area contributed by atoms with Gasteiger partial charge in [0, 0.05) is 24.7 Å². The number of piperidine rings is 1. The minimum Gasteiger partial charge on any atom is -0.508 e. The lowest BCUT2D eigenvalue weighted by Gasteiger charge is -2.35. The number of amides is 1. The van der Waals surface area contributed by atoms with Gasteiger partial charge in [0.1, 0.15) is 11.5 Å². The first-order valence-corrected chi connectivity index (χ1v) is 6.29. The molecule has 2 rings (SSSR count). The average molecular weight is 249 g/mol. The van der Waals surface area contributed by atoms with Crippen LogP contribution >= 0.6 is 0 Å². The van der Waals surface area contributed by atoms with Crippen molar-refractivity contribution in [3.63, 3.8) is 0 Å². The summed E-state index contributed by atoms with van der Waals surface area (Å²) in [5.41, 5.74) is 0.342. The quantitative estimate of drug-likeness (QED) is 0.802. The molecule has 2 atom stereocenters. The van der Waals surface area contributed by atoms with Gasteiger partial charge in [-0.3, -0.25) is 4.79 Å². The monoisotopic (exact) mass is 249 g/mol. The topological polar surface area (TPSA) is 60.8 Å². The predicted molar refractivity (Wildman–Crippen MR) is 68.6 cm³/mol. The van der Waals surface area contributed by atoms with Gasteiger partial charge in [-0.05, 0) is 30.4 Å². The summed E-state index contributed by atoms with van der Waals surface area (Å²) in [5.74, 6) is 0.814. The number of rotatable bonds is 1. The molecule has 1 aromatic carbocycles. The van der Waals surface area contributed by atoms with Gasteiger partial charge in [-0.25, -0.2) is 0 Å². The zero-order chi connectivity index (χ0) is 13.3. The van der Waals surface area contributed by atoms with E-state index in [2.05, 4.69) is 13.8 Å². The summed E-state index contributed by atoms with van der Waals surface area (Å²) in [6.45, 7) is 5.81. The second-order valence-electron chi connectivity index (χ2n) is 5.23. The highest BCUT2D eigenvalue weighted by Crippen LogP contribution is 2.26. The van der Waals surface area contributed by atoms with Crippen molar-refractivity contribution >= 4 is 5.91 Å². The SMILES string of the molecule is CC1CCN(C(=O)c2cc(O)cc(O)c2)CC1C. The van der Waals surface area contributed by atoms with Crippen molar-refractivity contribution < 1.29 is 15.0 Å². The van der Waals surface area contributed by atoms with Gasteiger partial charge < -0.3 is 15.1 Å². The lowest BCUT2D eigenvalue weighted by Crippen LogP contribution is -2.42. The van der Waals surface area contributed by atoms with Gasteiger partial charge in [0.25, 0.3) is 5.91 Å². The number of carbonyl (C=O) groups excluding carboxylic acids is 1. The van der Waals surface area contributed by atoms with Crippen molar-refractivity contribution in [3.05, 3.63) is 23.8 Å². The van der Waals surface area contributed by atoms with Gasteiger partial charge in [-0.2, -0.15) is 0 Å². The van der Waals surface area contributed by atoms with Crippen LogP contribution in [0, 0.1) is 11.8 Å². The van der Waals surface area contributed by atoms with E-state index in [1.54, 1.807) is 4.90 Å². The summed E-state index contributed by atoms with van der Waals surface area (Å²) in [4.78, 5) is 14.1. The van der Waals surface area contributed by atoms with Gasteiger partial charge in [0.05, 0.1) is 0 Å². The van der Waals surface area contributed by atoms with E-state index >= 15 is 0 Å². The summed E-state index contributed by atoms with van der Waals surface area (Å²) < 4.78 is 0. The van der Waals surface area contributed by atoms with Crippen LogP contribution in [0.5, 0.6) is 11.5 Å². The van der Waals surface area contributed by atoms with Gasteiger partial charge in [0.15, 0.2) is 0 Å². The Balaban J connectivity index is 2.16. The predicted octanol–water partition coefficient (Wildman–Crippen LogP) is 2.22. The molecule has 0 radical (unpaired) electrons. The fourth-order valence-corrected chi connectivity index (χ4v) is 2.35. The van der Waals surface area contributed by atoms with Crippen molar-refractivity contribution in [2.24, 2.45) is 11.8 Å². The maximum atomic E-state index is 12.3. The van der Waals surface area contributed by atoms with E-state index < -0.39 is 0 Å². The van der Waals surface area contributed by atoms with Crippen LogP contribution in [0.25, 0.3) is 0 Å². The van der Waals surface area contributed by atoms with Crippen LogP contribution in [0.3, 0.4) is 0 Å². The number of likely N-dealkylation sites (tertiary alicyclic amines) is 1. The molecule has 1 heterocycles. The number of phenols is 2. The Morgan fingerprint density at radius 3 is 2.33 bits per heavy atom. The molecule has 0 aliphatic carbocycles. The first-order chi connectivity index (χ1) is 8.47. The van der Waals surface area contributed by atoms with Crippen molar-refractivity contribution in [1.29, 1.82) is 0 Å². The Morgan fingerprint density at radius 2 is 1.78 bits per heavy atom. The van der Waals surface area contributed by atoms with E-state index in [9.17, 15) is 15.0 Å². The molecule has 1 amide bonds. The fourth-order valence-electron chi connectivity index (χ4n) is 2.35. The molecule has 1 aromatic rings. The maximum Gasteiger partial charge on any atom is 0.254 e. The fraction of sp³-hybridized carbons (Fsp3) is 0.500. The minimum atomic E-state index is -0.125. The lowest BCUT2D eigenvalue weighted by molar-refractivity contribution is 0.0626. The number of benzene rings is 1. The molecule has 0 bridgehead atoms. The third-order valence-corrected chi connectivity index (χ3v) is 3.77. The van der Waals surface area contributed by atoms with E-state index in [0.29, 0.717) is 17.4 Å². The maximum absolute atomic E-state index is 12.3. The number of hydrogen-bond acceptors (Lipinski definition) is 3. The van der Waals surface area contributed by atoms with Crippen molar-refractivity contribution in [2.75, 3.05) is 13.1 Å². The van der Waals surface area contributed by atoms with Crippen LogP contribution < -0.4 is 0 Å². The summed E-state index contributed by atoms with van der Waals surface area (Å²) in [6, 6.07) is 4.01. The van der Waals surface area contributed by atoms with Crippen LogP contribution in [0.15, 0.2) is 18.2 Å². The molecule has 18 heavy (non-hydrogen) atoms. The standard InChI is InChI=1S/C14H19NO3/c1-9-3-4-15(8-10(9)2)14(18)11-5-12(16)7-13(17)6-11/h5-7,9-10,16-17H,3-4,8H2,1-2H3. The Kier molecular flexibility index (Phi) is 3.45. The highest BCUT2D eigenvalue weighted by molar-refractivity contribution is 5.95. The second-order valence-corrected chi connectivity index (χ2v) is 5.23. The normalized spacial score (nSPS) is 24.0. The van der Waals surface area contributed by atoms with Crippen LogP contribution in [0.4, 0.5) is 0 Å². The van der Waals surface area contributed by atoms with Crippen LogP contribution in [-0.2, 0) is 0 Å². The Hall–Kier alpha value is -1.71. The number of hydrogen-bond donors (Lipinski definition) is 2. The number of nitrogens with zero attached hydrogens (tertiary/aromatic N) is 1. The van der Waals surface area contributed by atoms with E-state index in [1.807, 2.05) is 0 Å². The third-order valence-electron chi connectivity index (χ3n) is 3.77. The lowest BCUT2D eigenvalue weighted by atomic mass is 9.88. The molecular weight excluding hydrogens is 230 g/mol. The molecule has 2 N–H and O–H groups in total. The molecular formula is C14H19NO3. The van der Waals surface area contributed by atoms with Crippen LogP contribution in [0.1, 0.15) is 30.6 Å². The summed E-state index contributed by atoms with van der Waals surface area (Å²) >= 11 is 0. The van der Waals surface area contributed by atoms with Gasteiger partial charge in [-0.1, -0.05) is 13.8 Å². The molecule has 1 fully saturated rings. The second kappa shape index (κ2) is 4.88. The number of aromatic hydroxyl groups is 2. The molecule has 98 valence electrons. The molecule has 4 nitrogen and oxygen atoms in total. The third kappa shape index (κ3) is 2.58. The Labute approximate surface area is 107 Å². The van der Waals surface area contributed by atoms with Crippen LogP contribution in [0.2, 0.25) is 0 Å². The molecule has 0 spiro atoms. The van der Waals surface area contributed by atoms with Gasteiger partial charge >= 0.3 is 0 Å². The van der Waals surface area contributed by atoms with Crippen molar-refractivity contribution in [2.45, 2.75) is 20.3 Å². The molecule has 2 unspecified atom stereocenters. The van der Waals surface area contributed by atoms with Crippen molar-refractivity contribution in [1.82, 2.24) is 4.90 Å². The molecule has 1 aliphatic rings. The summed E-state index contributed by atoms with van der Waals surface area (Å²) in [5, 5.41) is 18.8. The Morgan fingerprint density at radius 1 is 1.17 bits per heavy atom. The Bertz CT molecular complexity index is 438. The number of phenolic OH excluding ortho intramolecular Hbond substituents is 2. The first kappa shape index (κ1) is 12.7. The zero-order valence-electron chi connectivity index (χ0n) is 10.8. The van der Waals surface area contributed by atoms with Crippen LogP contribution in [-0.4, -0.2) is 34.1 Å². The molecule has 1 aliphatic heterocycles. The van der Waals surface area contributed by atoms with E-state index in [0.717, 1.165) is 19.5 Å². The summed E-state index contributed by atoms with van der Waals surface area (Å²) in [7, 11) is 0. The highest BCUT2D eigenvalue weighted by Gasteiger charge is 2.26. The molecule has 4 heteroatoms. The van der Waals surface area contributed by atoms with E-state index in [-0.39, 0.29) is 17.4 Å².